The van der Waals surface area contributed by atoms with Gasteiger partial charge in [0.25, 0.3) is 5.91 Å². The van der Waals surface area contributed by atoms with Crippen LogP contribution < -0.4 is 9.80 Å². The number of carbonyl (C=O) groups excluding carboxylic acids is 1. The number of likely N-dealkylation sites (N-methyl/N-ethyl adjacent to an activating group) is 2. The molecule has 5 rings (SSSR count). The van der Waals surface area contributed by atoms with E-state index in [4.69, 9.17) is 9.73 Å². The molecular formula is C26H28N4O2S. The number of benzene rings is 2. The van der Waals surface area contributed by atoms with Crippen LogP contribution in [0, 0.1) is 0 Å². The molecule has 0 aliphatic carbocycles. The van der Waals surface area contributed by atoms with Crippen molar-refractivity contribution >= 4 is 46.0 Å². The summed E-state index contributed by atoms with van der Waals surface area (Å²) in [5.74, 6) is 0.0173. The Morgan fingerprint density at radius 3 is 2.39 bits per heavy atom. The van der Waals surface area contributed by atoms with Gasteiger partial charge in [0.2, 0.25) is 0 Å². The topological polar surface area (TPSA) is 48.4 Å². The third kappa shape index (κ3) is 4.18. The lowest BCUT2D eigenvalue weighted by molar-refractivity contribution is -0.122. The fourth-order valence-corrected chi connectivity index (χ4v) is 5.53. The van der Waals surface area contributed by atoms with E-state index in [0.717, 1.165) is 60.0 Å². The van der Waals surface area contributed by atoms with E-state index in [9.17, 15) is 4.79 Å². The van der Waals surface area contributed by atoms with Gasteiger partial charge in [-0.3, -0.25) is 9.69 Å². The Balaban J connectivity index is 1.44. The Labute approximate surface area is 199 Å². The number of nitrogens with zero attached hydrogens (tertiary/aromatic N) is 4. The van der Waals surface area contributed by atoms with Gasteiger partial charge in [-0.1, -0.05) is 24.3 Å². The van der Waals surface area contributed by atoms with Crippen LogP contribution in [-0.2, 0) is 9.53 Å². The van der Waals surface area contributed by atoms with Crippen LogP contribution in [-0.4, -0.2) is 55.4 Å². The maximum atomic E-state index is 13.4. The van der Waals surface area contributed by atoms with Crippen molar-refractivity contribution < 1.29 is 9.53 Å². The molecule has 7 heteroatoms. The van der Waals surface area contributed by atoms with Gasteiger partial charge in [-0.05, 0) is 67.6 Å². The van der Waals surface area contributed by atoms with Gasteiger partial charge in [0, 0.05) is 37.6 Å². The average molecular weight is 461 g/mol. The molecule has 3 heterocycles. The second kappa shape index (κ2) is 9.45. The van der Waals surface area contributed by atoms with Crippen molar-refractivity contribution in [3.05, 3.63) is 70.8 Å². The van der Waals surface area contributed by atoms with Crippen molar-refractivity contribution in [3.63, 3.8) is 0 Å². The molecule has 6 nitrogen and oxygen atoms in total. The molecule has 0 bridgehead atoms. The minimum absolute atomic E-state index is 0.0173. The summed E-state index contributed by atoms with van der Waals surface area (Å²) in [7, 11) is 0. The SMILES string of the molecule is CCN1C(=O)C(=C2C=Cc3ccccc3N2CC)SC1=Nc1ccc(N2CCOCC2)cc1. The quantitative estimate of drug-likeness (QED) is 0.609. The first-order valence-electron chi connectivity index (χ1n) is 11.5. The molecular weight excluding hydrogens is 432 g/mol. The van der Waals surface area contributed by atoms with E-state index < -0.39 is 0 Å². The van der Waals surface area contributed by atoms with Crippen molar-refractivity contribution in [2.24, 2.45) is 4.99 Å². The van der Waals surface area contributed by atoms with E-state index in [1.165, 1.54) is 23.0 Å². The number of anilines is 2. The molecule has 170 valence electrons. The molecule has 2 aromatic rings. The van der Waals surface area contributed by atoms with E-state index in [2.05, 4.69) is 53.1 Å². The average Bonchev–Trinajstić information content (AvgIpc) is 3.18. The first kappa shape index (κ1) is 21.8. The Morgan fingerprint density at radius 1 is 0.939 bits per heavy atom. The van der Waals surface area contributed by atoms with Gasteiger partial charge in [0.15, 0.2) is 5.17 Å². The summed E-state index contributed by atoms with van der Waals surface area (Å²) in [5, 5.41) is 0.729. The van der Waals surface area contributed by atoms with Crippen LogP contribution in [0.1, 0.15) is 19.4 Å². The molecule has 0 aromatic heterocycles. The fraction of sp³-hybridized carbons (Fsp3) is 0.308. The zero-order valence-corrected chi connectivity index (χ0v) is 19.8. The number of amides is 1. The van der Waals surface area contributed by atoms with Gasteiger partial charge in [0.05, 0.1) is 24.6 Å². The van der Waals surface area contributed by atoms with E-state index in [-0.39, 0.29) is 5.91 Å². The summed E-state index contributed by atoms with van der Waals surface area (Å²) in [6, 6.07) is 16.5. The van der Waals surface area contributed by atoms with Crippen molar-refractivity contribution in [2.45, 2.75) is 13.8 Å². The van der Waals surface area contributed by atoms with Crippen LogP contribution in [0.25, 0.3) is 6.08 Å². The van der Waals surface area contributed by atoms with E-state index in [1.54, 1.807) is 4.90 Å². The number of fused-ring (bicyclic) bond motifs is 1. The smallest absolute Gasteiger partial charge is 0.268 e. The van der Waals surface area contributed by atoms with Gasteiger partial charge in [0.1, 0.15) is 4.91 Å². The zero-order valence-electron chi connectivity index (χ0n) is 19.0. The van der Waals surface area contributed by atoms with E-state index in [0.29, 0.717) is 6.54 Å². The Hall–Kier alpha value is -3.03. The molecule has 3 aliphatic rings. The number of aliphatic imine (C=N–C) groups is 1. The van der Waals surface area contributed by atoms with Crippen molar-refractivity contribution in [1.29, 1.82) is 0 Å². The largest absolute Gasteiger partial charge is 0.378 e. The summed E-state index contributed by atoms with van der Waals surface area (Å²) in [5.41, 5.74) is 5.27. The molecule has 0 unspecified atom stereocenters. The van der Waals surface area contributed by atoms with Crippen molar-refractivity contribution in [2.75, 3.05) is 49.2 Å². The maximum absolute atomic E-state index is 13.4. The first-order chi connectivity index (χ1) is 16.2. The highest BCUT2D eigenvalue weighted by atomic mass is 32.2. The van der Waals surface area contributed by atoms with Crippen LogP contribution in [0.3, 0.4) is 0 Å². The molecule has 0 radical (unpaired) electrons. The van der Waals surface area contributed by atoms with Crippen LogP contribution in [0.4, 0.5) is 17.1 Å². The zero-order chi connectivity index (χ0) is 22.8. The summed E-state index contributed by atoms with van der Waals surface area (Å²) < 4.78 is 5.45. The second-order valence-electron chi connectivity index (χ2n) is 8.01. The molecule has 3 aliphatic heterocycles. The molecule has 0 atom stereocenters. The predicted molar refractivity (Wildman–Crippen MR) is 137 cm³/mol. The number of ether oxygens (including phenoxy) is 1. The fourth-order valence-electron chi connectivity index (χ4n) is 4.40. The molecule has 1 amide bonds. The second-order valence-corrected chi connectivity index (χ2v) is 8.99. The molecule has 2 fully saturated rings. The summed E-state index contributed by atoms with van der Waals surface area (Å²) in [4.78, 5) is 25.2. The maximum Gasteiger partial charge on any atom is 0.268 e. The van der Waals surface area contributed by atoms with Crippen LogP contribution in [0.2, 0.25) is 0 Å². The molecule has 2 aromatic carbocycles. The third-order valence-corrected chi connectivity index (χ3v) is 7.20. The number of amidine groups is 1. The first-order valence-corrected chi connectivity index (χ1v) is 12.3. The number of rotatable bonds is 4. The highest BCUT2D eigenvalue weighted by Crippen LogP contribution is 2.40. The highest BCUT2D eigenvalue weighted by Gasteiger charge is 2.36. The van der Waals surface area contributed by atoms with Gasteiger partial charge >= 0.3 is 0 Å². The summed E-state index contributed by atoms with van der Waals surface area (Å²) in [6.07, 6.45) is 4.15. The van der Waals surface area contributed by atoms with Gasteiger partial charge in [-0.15, -0.1) is 0 Å². The number of hydrogen-bond acceptors (Lipinski definition) is 6. The third-order valence-electron chi connectivity index (χ3n) is 6.12. The molecule has 0 N–H and O–H groups in total. The minimum atomic E-state index is 0.0173. The molecule has 0 spiro atoms. The normalized spacial score (nSPS) is 21.8. The van der Waals surface area contributed by atoms with Crippen molar-refractivity contribution in [3.8, 4) is 0 Å². The van der Waals surface area contributed by atoms with Crippen molar-refractivity contribution in [1.82, 2.24) is 4.90 Å². The highest BCUT2D eigenvalue weighted by molar-refractivity contribution is 8.18. The Bertz CT molecular complexity index is 1130. The molecule has 0 saturated carbocycles. The van der Waals surface area contributed by atoms with Crippen LogP contribution >= 0.6 is 11.8 Å². The minimum Gasteiger partial charge on any atom is -0.378 e. The number of thioether (sulfide) groups is 1. The number of morpholine rings is 1. The Kier molecular flexibility index (Phi) is 6.24. The lowest BCUT2D eigenvalue weighted by atomic mass is 10.1. The summed E-state index contributed by atoms with van der Waals surface area (Å²) in [6.45, 7) is 8.82. The molecule has 33 heavy (non-hydrogen) atoms. The predicted octanol–water partition coefficient (Wildman–Crippen LogP) is 4.87. The standard InChI is InChI=1S/C26H28N4O2S/c1-3-29-22-8-6-5-7-19(22)9-14-23(29)24-25(31)30(4-2)26(33-24)27-20-10-12-21(13-11-20)28-15-17-32-18-16-28/h5-14H,3-4,15-18H2,1-2H3. The lowest BCUT2D eigenvalue weighted by Crippen LogP contribution is -2.36. The number of carbonyl (C=O) groups is 1. The van der Waals surface area contributed by atoms with Crippen LogP contribution in [0.5, 0.6) is 0 Å². The monoisotopic (exact) mass is 460 g/mol. The van der Waals surface area contributed by atoms with Crippen LogP contribution in [0.15, 0.2) is 70.2 Å². The van der Waals surface area contributed by atoms with Gasteiger partial charge in [-0.25, -0.2) is 4.99 Å². The Morgan fingerprint density at radius 2 is 1.67 bits per heavy atom. The van der Waals surface area contributed by atoms with E-state index in [1.807, 2.05) is 31.2 Å². The van der Waals surface area contributed by atoms with Gasteiger partial charge < -0.3 is 14.5 Å². The number of para-hydroxylation sites is 1. The van der Waals surface area contributed by atoms with Gasteiger partial charge in [-0.2, -0.15) is 0 Å². The summed E-state index contributed by atoms with van der Waals surface area (Å²) >= 11 is 1.47. The lowest BCUT2D eigenvalue weighted by Gasteiger charge is -2.30. The van der Waals surface area contributed by atoms with E-state index >= 15 is 0 Å². The number of allylic oxidation sites excluding steroid dienone is 1. The molecule has 2 saturated heterocycles. The number of hydrogen-bond donors (Lipinski definition) is 0.